The van der Waals surface area contributed by atoms with E-state index in [1.807, 2.05) is 54.7 Å². The number of hydrogen-bond acceptors (Lipinski definition) is 3. The molecule has 0 saturated heterocycles. The summed E-state index contributed by atoms with van der Waals surface area (Å²) in [7, 11) is 1.44. The molecule has 31 heavy (non-hydrogen) atoms. The predicted octanol–water partition coefficient (Wildman–Crippen LogP) is 5.05. The van der Waals surface area contributed by atoms with Gasteiger partial charge in [0.15, 0.2) is 0 Å². The van der Waals surface area contributed by atoms with Gasteiger partial charge in [-0.3, -0.25) is 9.59 Å². The highest BCUT2D eigenvalue weighted by atomic mass is 35.5. The zero-order chi connectivity index (χ0) is 21.8. The van der Waals surface area contributed by atoms with Crippen molar-refractivity contribution < 1.29 is 14.3 Å². The monoisotopic (exact) mass is 438 g/mol. The second-order valence-corrected chi connectivity index (χ2v) is 8.70. The Morgan fingerprint density at radius 2 is 1.81 bits per heavy atom. The van der Waals surface area contributed by atoms with Crippen LogP contribution in [0.15, 0.2) is 54.7 Å². The Balaban J connectivity index is 1.44. The number of para-hydroxylation sites is 1. The smallest absolute Gasteiger partial charge is 0.308 e. The van der Waals surface area contributed by atoms with Gasteiger partial charge in [0, 0.05) is 29.7 Å². The van der Waals surface area contributed by atoms with Crippen LogP contribution >= 0.6 is 11.6 Å². The first-order valence-corrected chi connectivity index (χ1v) is 11.1. The Morgan fingerprint density at radius 3 is 2.52 bits per heavy atom. The van der Waals surface area contributed by atoms with E-state index >= 15 is 0 Å². The van der Waals surface area contributed by atoms with Crippen molar-refractivity contribution in [2.45, 2.75) is 32.2 Å². The Hall–Kier alpha value is -2.79. The lowest BCUT2D eigenvalue weighted by Crippen LogP contribution is -2.33. The standard InChI is InChI=1S/C25H27ClN2O3/c1-31-25(30)20-9-5-17(6-10-20)15-27-24(29)22-4-2-3-19-13-14-28(23(19)22)16-18-7-11-21(26)12-8-18/h2-4,7-8,11-14,17,20H,5-6,9-10,15-16H2,1H3,(H,27,29)/t17-,20-. The number of ether oxygens (including phenoxy) is 1. The molecule has 0 radical (unpaired) electrons. The lowest BCUT2D eigenvalue weighted by molar-refractivity contribution is -0.146. The highest BCUT2D eigenvalue weighted by molar-refractivity contribution is 6.30. The van der Waals surface area contributed by atoms with Gasteiger partial charge >= 0.3 is 5.97 Å². The van der Waals surface area contributed by atoms with Crippen molar-refractivity contribution >= 4 is 34.4 Å². The third-order valence-electron chi connectivity index (χ3n) is 6.23. The lowest BCUT2D eigenvalue weighted by atomic mass is 9.82. The predicted molar refractivity (Wildman–Crippen MR) is 122 cm³/mol. The zero-order valence-electron chi connectivity index (χ0n) is 17.6. The summed E-state index contributed by atoms with van der Waals surface area (Å²) in [5.74, 6) is 0.221. The van der Waals surface area contributed by atoms with Crippen molar-refractivity contribution in [2.24, 2.45) is 11.8 Å². The summed E-state index contributed by atoms with van der Waals surface area (Å²) in [5, 5.41) is 4.87. The summed E-state index contributed by atoms with van der Waals surface area (Å²) in [6.45, 7) is 1.30. The molecule has 4 rings (SSSR count). The molecular weight excluding hydrogens is 412 g/mol. The highest BCUT2D eigenvalue weighted by Gasteiger charge is 2.27. The van der Waals surface area contributed by atoms with Gasteiger partial charge in [0.2, 0.25) is 0 Å². The van der Waals surface area contributed by atoms with Crippen LogP contribution in [-0.4, -0.2) is 30.1 Å². The Labute approximate surface area is 187 Å². The van der Waals surface area contributed by atoms with Crippen LogP contribution in [0.1, 0.15) is 41.6 Å². The first-order valence-electron chi connectivity index (χ1n) is 10.7. The largest absolute Gasteiger partial charge is 0.469 e. The van der Waals surface area contributed by atoms with Gasteiger partial charge in [-0.05, 0) is 61.4 Å². The van der Waals surface area contributed by atoms with Crippen LogP contribution < -0.4 is 5.32 Å². The van der Waals surface area contributed by atoms with Crippen LogP contribution in [0.2, 0.25) is 5.02 Å². The van der Waals surface area contributed by atoms with Crippen LogP contribution in [-0.2, 0) is 16.1 Å². The van der Waals surface area contributed by atoms with Gasteiger partial charge in [-0.15, -0.1) is 0 Å². The van der Waals surface area contributed by atoms with E-state index in [1.54, 1.807) is 0 Å². The molecule has 0 unspecified atom stereocenters. The molecule has 1 amide bonds. The highest BCUT2D eigenvalue weighted by Crippen LogP contribution is 2.29. The van der Waals surface area contributed by atoms with Crippen molar-refractivity contribution in [2.75, 3.05) is 13.7 Å². The minimum Gasteiger partial charge on any atom is -0.469 e. The molecule has 1 fully saturated rings. The molecule has 0 atom stereocenters. The van der Waals surface area contributed by atoms with Gasteiger partial charge in [0.05, 0.1) is 24.1 Å². The number of nitrogens with one attached hydrogen (secondary N) is 1. The second-order valence-electron chi connectivity index (χ2n) is 8.26. The third-order valence-corrected chi connectivity index (χ3v) is 6.48. The average molecular weight is 439 g/mol. The summed E-state index contributed by atoms with van der Waals surface area (Å²) >= 11 is 6.00. The molecule has 3 aromatic rings. The maximum Gasteiger partial charge on any atom is 0.308 e. The Kier molecular flexibility index (Phi) is 6.62. The van der Waals surface area contributed by atoms with E-state index < -0.39 is 0 Å². The normalized spacial score (nSPS) is 18.6. The van der Waals surface area contributed by atoms with Gasteiger partial charge in [-0.2, -0.15) is 0 Å². The number of methoxy groups -OCH3 is 1. The minimum atomic E-state index is -0.115. The van der Waals surface area contributed by atoms with Crippen LogP contribution in [0.4, 0.5) is 0 Å². The van der Waals surface area contributed by atoms with Crippen molar-refractivity contribution in [1.82, 2.24) is 9.88 Å². The van der Waals surface area contributed by atoms with E-state index in [9.17, 15) is 9.59 Å². The van der Waals surface area contributed by atoms with E-state index in [2.05, 4.69) is 9.88 Å². The number of amides is 1. The number of esters is 1. The fourth-order valence-corrected chi connectivity index (χ4v) is 4.59. The van der Waals surface area contributed by atoms with Crippen molar-refractivity contribution in [3.63, 3.8) is 0 Å². The van der Waals surface area contributed by atoms with Gasteiger partial charge in [0.1, 0.15) is 0 Å². The molecule has 1 heterocycles. The van der Waals surface area contributed by atoms with Crippen molar-refractivity contribution in [3.05, 3.63) is 70.9 Å². The SMILES string of the molecule is COC(=O)[C@H]1CC[C@H](CNC(=O)c2cccc3ccn(Cc4ccc(Cl)cc4)c23)CC1. The molecule has 1 N–H and O–H groups in total. The summed E-state index contributed by atoms with van der Waals surface area (Å²) in [6.07, 6.45) is 5.53. The van der Waals surface area contributed by atoms with E-state index in [0.717, 1.165) is 42.1 Å². The summed E-state index contributed by atoms with van der Waals surface area (Å²) in [6, 6.07) is 15.6. The third kappa shape index (κ3) is 4.93. The number of hydrogen-bond donors (Lipinski definition) is 1. The quantitative estimate of drug-likeness (QED) is 0.547. The first kappa shape index (κ1) is 21.4. The van der Waals surface area contributed by atoms with Crippen LogP contribution in [0.3, 0.4) is 0 Å². The lowest BCUT2D eigenvalue weighted by Gasteiger charge is -2.27. The van der Waals surface area contributed by atoms with Crippen LogP contribution in [0.5, 0.6) is 0 Å². The number of rotatable bonds is 6. The Morgan fingerprint density at radius 1 is 1.06 bits per heavy atom. The fourth-order valence-electron chi connectivity index (χ4n) is 4.46. The van der Waals surface area contributed by atoms with E-state index in [-0.39, 0.29) is 17.8 Å². The number of carbonyl (C=O) groups is 2. The second kappa shape index (κ2) is 9.56. The molecule has 6 heteroatoms. The first-order chi connectivity index (χ1) is 15.0. The van der Waals surface area contributed by atoms with Gasteiger partial charge in [0.25, 0.3) is 5.91 Å². The van der Waals surface area contributed by atoms with Crippen LogP contribution in [0, 0.1) is 11.8 Å². The van der Waals surface area contributed by atoms with Gasteiger partial charge in [-0.25, -0.2) is 0 Å². The van der Waals surface area contributed by atoms with Gasteiger partial charge < -0.3 is 14.6 Å². The molecule has 0 bridgehead atoms. The zero-order valence-corrected chi connectivity index (χ0v) is 18.4. The number of aromatic nitrogens is 1. The molecule has 2 aromatic carbocycles. The molecule has 1 aromatic heterocycles. The molecule has 1 aliphatic carbocycles. The number of benzene rings is 2. The fraction of sp³-hybridized carbons (Fsp3) is 0.360. The van der Waals surface area contributed by atoms with Crippen molar-refractivity contribution in [3.8, 4) is 0 Å². The Bertz CT molecular complexity index is 1070. The maximum atomic E-state index is 13.1. The molecule has 5 nitrogen and oxygen atoms in total. The summed E-state index contributed by atoms with van der Waals surface area (Å²) in [5.41, 5.74) is 2.74. The van der Waals surface area contributed by atoms with Crippen molar-refractivity contribution in [1.29, 1.82) is 0 Å². The van der Waals surface area contributed by atoms with E-state index in [4.69, 9.17) is 16.3 Å². The minimum absolute atomic E-state index is 0.00171. The number of fused-ring (bicyclic) bond motifs is 1. The molecule has 0 spiro atoms. The van der Waals surface area contributed by atoms with E-state index in [1.165, 1.54) is 7.11 Å². The van der Waals surface area contributed by atoms with Crippen LogP contribution in [0.25, 0.3) is 10.9 Å². The number of carbonyl (C=O) groups excluding carboxylic acids is 2. The molecule has 1 aliphatic rings. The summed E-state index contributed by atoms with van der Waals surface area (Å²) < 4.78 is 6.96. The van der Waals surface area contributed by atoms with E-state index in [0.29, 0.717) is 29.6 Å². The van der Waals surface area contributed by atoms with Gasteiger partial charge in [-0.1, -0.05) is 35.9 Å². The average Bonchev–Trinajstić information content (AvgIpc) is 3.21. The number of nitrogens with zero attached hydrogens (tertiary/aromatic N) is 1. The topological polar surface area (TPSA) is 60.3 Å². The molecular formula is C25H27ClN2O3. The molecule has 1 saturated carbocycles. The number of halogens is 1. The summed E-state index contributed by atoms with van der Waals surface area (Å²) in [4.78, 5) is 24.8. The molecule has 162 valence electrons. The molecule has 0 aliphatic heterocycles. The maximum absolute atomic E-state index is 13.1.